The number of benzene rings is 1. The molecule has 2 atom stereocenters. The molecule has 3 nitrogen and oxygen atoms in total. The Labute approximate surface area is 114 Å². The molecule has 1 aromatic rings. The maximum absolute atomic E-state index is 12.7. The molecule has 0 aromatic heterocycles. The van der Waals surface area contributed by atoms with Gasteiger partial charge < -0.3 is 10.1 Å². The standard InChI is InChI=1S/C16H21NO2/c1-15(2,3)19-14(18)16-8-9-17-13(16)12-7-5-4-6-11(12)10-16/h4-7,13,17H,8-10H2,1-3H3/t13-,16-/m1/s1. The molecule has 1 aromatic carbocycles. The van der Waals surface area contributed by atoms with E-state index in [1.54, 1.807) is 0 Å². The molecular formula is C16H21NO2. The first-order chi connectivity index (χ1) is 8.92. The Balaban J connectivity index is 1.95. The van der Waals surface area contributed by atoms with Gasteiger partial charge in [0.25, 0.3) is 0 Å². The van der Waals surface area contributed by atoms with Crippen molar-refractivity contribution in [2.24, 2.45) is 5.41 Å². The minimum Gasteiger partial charge on any atom is -0.459 e. The Hall–Kier alpha value is -1.35. The van der Waals surface area contributed by atoms with Gasteiger partial charge in [0.05, 0.1) is 5.41 Å². The summed E-state index contributed by atoms with van der Waals surface area (Å²) in [6.07, 6.45) is 1.66. The van der Waals surface area contributed by atoms with Gasteiger partial charge in [-0.3, -0.25) is 4.79 Å². The van der Waals surface area contributed by atoms with Crippen LogP contribution in [0.4, 0.5) is 0 Å². The Bertz CT molecular complexity index is 518. The zero-order chi connectivity index (χ0) is 13.7. The first-order valence-corrected chi connectivity index (χ1v) is 6.97. The van der Waals surface area contributed by atoms with Crippen LogP contribution in [0.5, 0.6) is 0 Å². The topological polar surface area (TPSA) is 38.3 Å². The molecule has 0 bridgehead atoms. The number of carbonyl (C=O) groups excluding carboxylic acids is 1. The SMILES string of the molecule is CC(C)(C)OC(=O)[C@@]12CCN[C@@H]1c1ccccc1C2. The summed E-state index contributed by atoms with van der Waals surface area (Å²) in [6.45, 7) is 6.68. The van der Waals surface area contributed by atoms with Crippen molar-refractivity contribution >= 4 is 5.97 Å². The summed E-state index contributed by atoms with van der Waals surface area (Å²) in [5.74, 6) is -0.0498. The van der Waals surface area contributed by atoms with Gasteiger partial charge in [-0.2, -0.15) is 0 Å². The minimum atomic E-state index is -0.423. The number of rotatable bonds is 1. The largest absolute Gasteiger partial charge is 0.459 e. The van der Waals surface area contributed by atoms with Crippen molar-refractivity contribution in [3.05, 3.63) is 35.4 Å². The highest BCUT2D eigenvalue weighted by Gasteiger charge is 2.55. The average Bonchev–Trinajstić information content (AvgIpc) is 2.83. The molecular weight excluding hydrogens is 238 g/mol. The van der Waals surface area contributed by atoms with E-state index in [-0.39, 0.29) is 12.0 Å². The maximum atomic E-state index is 12.7. The van der Waals surface area contributed by atoms with Gasteiger partial charge in [-0.25, -0.2) is 0 Å². The fourth-order valence-corrected chi connectivity index (χ4v) is 3.37. The number of hydrogen-bond acceptors (Lipinski definition) is 3. The zero-order valence-electron chi connectivity index (χ0n) is 11.8. The molecule has 1 aliphatic carbocycles. The average molecular weight is 259 g/mol. The van der Waals surface area contributed by atoms with Crippen LogP contribution >= 0.6 is 0 Å². The molecule has 102 valence electrons. The second kappa shape index (κ2) is 4.07. The van der Waals surface area contributed by atoms with Crippen LogP contribution < -0.4 is 5.32 Å². The van der Waals surface area contributed by atoms with Gasteiger partial charge in [-0.1, -0.05) is 24.3 Å². The van der Waals surface area contributed by atoms with E-state index in [0.717, 1.165) is 19.4 Å². The van der Waals surface area contributed by atoms with Crippen LogP contribution in [0.3, 0.4) is 0 Å². The quantitative estimate of drug-likeness (QED) is 0.788. The first kappa shape index (κ1) is 12.7. The summed E-state index contributed by atoms with van der Waals surface area (Å²) in [7, 11) is 0. The number of hydrogen-bond donors (Lipinski definition) is 1. The molecule has 19 heavy (non-hydrogen) atoms. The van der Waals surface area contributed by atoms with Crippen LogP contribution in [0, 0.1) is 5.41 Å². The summed E-state index contributed by atoms with van der Waals surface area (Å²) in [4.78, 5) is 12.7. The molecule has 1 fully saturated rings. The van der Waals surface area contributed by atoms with E-state index in [2.05, 4.69) is 17.4 Å². The number of carbonyl (C=O) groups is 1. The highest BCUT2D eigenvalue weighted by Crippen LogP contribution is 2.52. The van der Waals surface area contributed by atoms with Gasteiger partial charge in [0.2, 0.25) is 0 Å². The Kier molecular flexibility index (Phi) is 2.72. The van der Waals surface area contributed by atoms with Crippen molar-refractivity contribution in [1.29, 1.82) is 0 Å². The van der Waals surface area contributed by atoms with Gasteiger partial charge in [0, 0.05) is 6.04 Å². The van der Waals surface area contributed by atoms with Crippen molar-refractivity contribution in [3.63, 3.8) is 0 Å². The fourth-order valence-electron chi connectivity index (χ4n) is 3.37. The third-order valence-electron chi connectivity index (χ3n) is 4.15. The molecule has 1 heterocycles. The minimum absolute atomic E-state index is 0.0498. The molecule has 2 aliphatic rings. The number of esters is 1. The summed E-state index contributed by atoms with van der Waals surface area (Å²) < 4.78 is 5.68. The van der Waals surface area contributed by atoms with Crippen LogP contribution in [0.2, 0.25) is 0 Å². The molecule has 0 radical (unpaired) electrons. The van der Waals surface area contributed by atoms with Gasteiger partial charge in [0.1, 0.15) is 5.60 Å². The van der Waals surface area contributed by atoms with Crippen LogP contribution in [0.1, 0.15) is 44.4 Å². The Morgan fingerprint density at radius 1 is 1.37 bits per heavy atom. The third-order valence-corrected chi connectivity index (χ3v) is 4.15. The Morgan fingerprint density at radius 3 is 2.84 bits per heavy atom. The van der Waals surface area contributed by atoms with Crippen LogP contribution in [0.15, 0.2) is 24.3 Å². The maximum Gasteiger partial charge on any atom is 0.314 e. The molecule has 3 rings (SSSR count). The van der Waals surface area contributed by atoms with Crippen molar-refractivity contribution < 1.29 is 9.53 Å². The van der Waals surface area contributed by atoms with Gasteiger partial charge >= 0.3 is 5.97 Å². The van der Waals surface area contributed by atoms with Crippen LogP contribution in [-0.2, 0) is 16.0 Å². The van der Waals surface area contributed by atoms with Gasteiger partial charge in [0.15, 0.2) is 0 Å². The molecule has 0 amide bonds. The molecule has 3 heteroatoms. The number of ether oxygens (including phenoxy) is 1. The van der Waals surface area contributed by atoms with Crippen LogP contribution in [0.25, 0.3) is 0 Å². The number of nitrogens with one attached hydrogen (secondary N) is 1. The second-order valence-electron chi connectivity index (χ2n) is 6.67. The lowest BCUT2D eigenvalue weighted by molar-refractivity contribution is -0.167. The second-order valence-corrected chi connectivity index (χ2v) is 6.67. The molecule has 1 aliphatic heterocycles. The lowest BCUT2D eigenvalue weighted by Gasteiger charge is -2.31. The van der Waals surface area contributed by atoms with E-state index in [9.17, 15) is 4.79 Å². The molecule has 0 saturated carbocycles. The summed E-state index contributed by atoms with van der Waals surface area (Å²) >= 11 is 0. The summed E-state index contributed by atoms with van der Waals surface area (Å²) in [5, 5.41) is 3.48. The van der Waals surface area contributed by atoms with Gasteiger partial charge in [-0.15, -0.1) is 0 Å². The monoisotopic (exact) mass is 259 g/mol. The molecule has 0 spiro atoms. The third kappa shape index (κ3) is 1.96. The van der Waals surface area contributed by atoms with E-state index in [1.165, 1.54) is 11.1 Å². The highest BCUT2D eigenvalue weighted by atomic mass is 16.6. The predicted molar refractivity (Wildman–Crippen MR) is 73.8 cm³/mol. The highest BCUT2D eigenvalue weighted by molar-refractivity contribution is 5.81. The fraction of sp³-hybridized carbons (Fsp3) is 0.562. The van der Waals surface area contributed by atoms with Crippen LogP contribution in [-0.4, -0.2) is 18.1 Å². The van der Waals surface area contributed by atoms with E-state index < -0.39 is 11.0 Å². The molecule has 1 N–H and O–H groups in total. The number of fused-ring (bicyclic) bond motifs is 3. The summed E-state index contributed by atoms with van der Waals surface area (Å²) in [6, 6.07) is 8.47. The zero-order valence-corrected chi connectivity index (χ0v) is 11.8. The Morgan fingerprint density at radius 2 is 2.11 bits per heavy atom. The summed E-state index contributed by atoms with van der Waals surface area (Å²) in [5.41, 5.74) is 1.74. The normalized spacial score (nSPS) is 28.9. The molecule has 0 unspecified atom stereocenters. The first-order valence-electron chi connectivity index (χ1n) is 6.97. The van der Waals surface area contributed by atoms with Gasteiger partial charge in [-0.05, 0) is 51.3 Å². The lowest BCUT2D eigenvalue weighted by atomic mass is 9.81. The van der Waals surface area contributed by atoms with E-state index in [4.69, 9.17) is 4.74 Å². The smallest absolute Gasteiger partial charge is 0.314 e. The van der Waals surface area contributed by atoms with Crippen molar-refractivity contribution in [1.82, 2.24) is 5.32 Å². The predicted octanol–water partition coefficient (Wildman–Crippen LogP) is 2.61. The van der Waals surface area contributed by atoms with Crippen molar-refractivity contribution in [2.75, 3.05) is 6.54 Å². The van der Waals surface area contributed by atoms with Crippen molar-refractivity contribution in [2.45, 2.75) is 45.3 Å². The van der Waals surface area contributed by atoms with E-state index in [0.29, 0.717) is 0 Å². The van der Waals surface area contributed by atoms with E-state index >= 15 is 0 Å². The van der Waals surface area contributed by atoms with E-state index in [1.807, 2.05) is 32.9 Å². The van der Waals surface area contributed by atoms with Crippen molar-refractivity contribution in [3.8, 4) is 0 Å². The molecule has 1 saturated heterocycles. The lowest BCUT2D eigenvalue weighted by Crippen LogP contribution is -2.39.